The summed E-state index contributed by atoms with van der Waals surface area (Å²) in [6, 6.07) is 16.2. The van der Waals surface area contributed by atoms with Crippen LogP contribution in [0.15, 0.2) is 67.1 Å². The molecule has 36 heavy (non-hydrogen) atoms. The van der Waals surface area contributed by atoms with Crippen molar-refractivity contribution in [2.45, 2.75) is 51.9 Å². The molecule has 0 saturated heterocycles. The van der Waals surface area contributed by atoms with E-state index in [2.05, 4.69) is 57.4 Å². The molecule has 3 aromatic heterocycles. The summed E-state index contributed by atoms with van der Waals surface area (Å²) in [6.45, 7) is 4.15. The van der Waals surface area contributed by atoms with Gasteiger partial charge in [-0.25, -0.2) is 9.97 Å². The Kier molecular flexibility index (Phi) is 7.70. The molecule has 1 aromatic carbocycles. The number of rotatable bonds is 8. The zero-order valence-corrected chi connectivity index (χ0v) is 21.7. The van der Waals surface area contributed by atoms with Crippen molar-refractivity contribution in [2.75, 3.05) is 0 Å². The summed E-state index contributed by atoms with van der Waals surface area (Å²) in [6.07, 6.45) is 8.75. The molecule has 0 bridgehead atoms. The number of nitrogens with one attached hydrogen (secondary N) is 1. The van der Waals surface area contributed by atoms with Crippen molar-refractivity contribution in [3.8, 4) is 0 Å². The fourth-order valence-electron chi connectivity index (χ4n) is 4.69. The van der Waals surface area contributed by atoms with Gasteiger partial charge in [-0.15, -0.1) is 11.3 Å². The lowest BCUT2D eigenvalue weighted by atomic mass is 9.90. The second-order valence-electron chi connectivity index (χ2n) is 9.09. The van der Waals surface area contributed by atoms with E-state index in [1.807, 2.05) is 18.5 Å². The predicted octanol–water partition coefficient (Wildman–Crippen LogP) is 5.90. The maximum atomic E-state index is 12.4. The lowest BCUT2D eigenvalue weighted by Crippen LogP contribution is -2.31. The Balaban J connectivity index is 1.29. The number of carbonyl (C=O) groups excluding carboxylic acids is 1. The van der Waals surface area contributed by atoms with E-state index in [0.717, 1.165) is 42.9 Å². The minimum atomic E-state index is -0.170. The van der Waals surface area contributed by atoms with E-state index < -0.39 is 0 Å². The Bertz CT molecular complexity index is 1340. The number of hydrogen-bond acceptors (Lipinski definition) is 6. The molecule has 6 nitrogen and oxygen atoms in total. The number of aromatic nitrogens is 3. The van der Waals surface area contributed by atoms with Gasteiger partial charge in [0.1, 0.15) is 10.2 Å². The Morgan fingerprint density at radius 3 is 2.69 bits per heavy atom. The summed E-state index contributed by atoms with van der Waals surface area (Å²) < 4.78 is 0. The molecule has 0 saturated carbocycles. The molecular weight excluding hydrogens is 490 g/mol. The van der Waals surface area contributed by atoms with Crippen LogP contribution in [0.2, 0.25) is 5.15 Å². The number of thiazole rings is 1. The van der Waals surface area contributed by atoms with Gasteiger partial charge >= 0.3 is 0 Å². The lowest BCUT2D eigenvalue weighted by molar-refractivity contribution is 0.0951. The van der Waals surface area contributed by atoms with Crippen molar-refractivity contribution in [3.63, 3.8) is 0 Å². The van der Waals surface area contributed by atoms with E-state index in [9.17, 15) is 4.79 Å². The van der Waals surface area contributed by atoms with Gasteiger partial charge in [-0.05, 0) is 61.1 Å². The van der Waals surface area contributed by atoms with E-state index in [4.69, 9.17) is 16.6 Å². The number of halogens is 1. The first-order valence-corrected chi connectivity index (χ1v) is 13.3. The number of amides is 1. The third-order valence-electron chi connectivity index (χ3n) is 6.46. The molecule has 1 atom stereocenters. The van der Waals surface area contributed by atoms with Gasteiger partial charge in [-0.2, -0.15) is 0 Å². The topological polar surface area (TPSA) is 71.0 Å². The highest BCUT2D eigenvalue weighted by Gasteiger charge is 2.28. The zero-order valence-electron chi connectivity index (χ0n) is 20.2. The third-order valence-corrected chi connectivity index (χ3v) is 7.57. The largest absolute Gasteiger partial charge is 0.348 e. The van der Waals surface area contributed by atoms with E-state index in [0.29, 0.717) is 17.3 Å². The lowest BCUT2D eigenvalue weighted by Gasteiger charge is -2.34. The van der Waals surface area contributed by atoms with E-state index in [1.54, 1.807) is 23.5 Å². The van der Waals surface area contributed by atoms with Crippen LogP contribution in [0, 0.1) is 6.92 Å². The Labute approximate surface area is 220 Å². The van der Waals surface area contributed by atoms with Crippen LogP contribution in [-0.2, 0) is 26.1 Å². The molecule has 0 aliphatic heterocycles. The van der Waals surface area contributed by atoms with Gasteiger partial charge in [-0.1, -0.05) is 41.9 Å². The maximum Gasteiger partial charge on any atom is 0.251 e. The first kappa shape index (κ1) is 24.6. The first-order chi connectivity index (χ1) is 17.5. The Hall–Kier alpha value is -3.13. The molecule has 4 aromatic rings. The summed E-state index contributed by atoms with van der Waals surface area (Å²) in [7, 11) is 0. The molecule has 1 aliphatic carbocycles. The van der Waals surface area contributed by atoms with Crippen molar-refractivity contribution in [1.82, 2.24) is 25.2 Å². The molecular formula is C28H28ClN5OS. The summed E-state index contributed by atoms with van der Waals surface area (Å²) >= 11 is 7.66. The van der Waals surface area contributed by atoms with Crippen LogP contribution in [0.1, 0.15) is 61.5 Å². The molecule has 8 heteroatoms. The summed E-state index contributed by atoms with van der Waals surface area (Å²) in [4.78, 5) is 29.5. The number of fused-ring (bicyclic) bond motifs is 1. The van der Waals surface area contributed by atoms with Crippen LogP contribution in [-0.4, -0.2) is 25.8 Å². The van der Waals surface area contributed by atoms with Crippen molar-refractivity contribution in [2.24, 2.45) is 0 Å². The van der Waals surface area contributed by atoms with Gasteiger partial charge < -0.3 is 5.32 Å². The Morgan fingerprint density at radius 1 is 1.08 bits per heavy atom. The van der Waals surface area contributed by atoms with Gasteiger partial charge in [0.2, 0.25) is 0 Å². The van der Waals surface area contributed by atoms with Gasteiger partial charge in [0.25, 0.3) is 5.91 Å². The van der Waals surface area contributed by atoms with Crippen LogP contribution in [0.5, 0.6) is 0 Å². The van der Waals surface area contributed by atoms with Crippen LogP contribution < -0.4 is 5.32 Å². The van der Waals surface area contributed by atoms with Gasteiger partial charge in [0, 0.05) is 42.1 Å². The first-order valence-electron chi connectivity index (χ1n) is 12.1. The minimum Gasteiger partial charge on any atom is -0.348 e. The molecule has 1 amide bonds. The SMILES string of the molecule is Cc1cnc(CN(Cc2ccc(CNC(=O)c3ccnc(Cl)c3)cc2)C2CCCc3cccnc32)s1. The number of aryl methyl sites for hydroxylation is 2. The van der Waals surface area contributed by atoms with Gasteiger partial charge in [-0.3, -0.25) is 14.7 Å². The molecule has 0 fully saturated rings. The highest BCUT2D eigenvalue weighted by molar-refractivity contribution is 7.11. The van der Waals surface area contributed by atoms with Crippen LogP contribution in [0.3, 0.4) is 0 Å². The highest BCUT2D eigenvalue weighted by atomic mass is 35.5. The van der Waals surface area contributed by atoms with Crippen molar-refractivity contribution >= 4 is 28.8 Å². The van der Waals surface area contributed by atoms with Gasteiger partial charge in [0.05, 0.1) is 18.3 Å². The van der Waals surface area contributed by atoms with E-state index in [-0.39, 0.29) is 11.9 Å². The minimum absolute atomic E-state index is 0.170. The standard InChI is InChI=1S/C28H28ClN5OS/c1-19-15-32-26(36-19)18-34(24-6-2-4-22-5-3-12-31-27(22)24)17-21-9-7-20(8-10-21)16-33-28(35)23-11-13-30-25(29)14-23/h3,5,7-15,24H,2,4,6,16-18H2,1H3,(H,33,35). The zero-order chi connectivity index (χ0) is 24.9. The average molecular weight is 518 g/mol. The number of pyridine rings is 2. The molecule has 1 N–H and O–H groups in total. The van der Waals surface area contributed by atoms with Crippen molar-refractivity contribution < 1.29 is 4.79 Å². The number of nitrogens with zero attached hydrogens (tertiary/aromatic N) is 4. The van der Waals surface area contributed by atoms with Crippen LogP contribution in [0.4, 0.5) is 0 Å². The second-order valence-corrected chi connectivity index (χ2v) is 10.8. The fourth-order valence-corrected chi connectivity index (χ4v) is 5.68. The number of benzene rings is 1. The maximum absolute atomic E-state index is 12.4. The van der Waals surface area contributed by atoms with Crippen LogP contribution in [0.25, 0.3) is 0 Å². The van der Waals surface area contributed by atoms with Gasteiger partial charge in [0.15, 0.2) is 0 Å². The molecule has 184 valence electrons. The average Bonchev–Trinajstić information content (AvgIpc) is 3.31. The Morgan fingerprint density at radius 2 is 1.92 bits per heavy atom. The summed E-state index contributed by atoms with van der Waals surface area (Å²) in [5, 5.41) is 4.39. The molecule has 1 aliphatic rings. The smallest absolute Gasteiger partial charge is 0.251 e. The molecule has 0 radical (unpaired) electrons. The molecule has 0 spiro atoms. The van der Waals surface area contributed by atoms with Crippen molar-refractivity contribution in [1.29, 1.82) is 0 Å². The molecule has 3 heterocycles. The summed E-state index contributed by atoms with van der Waals surface area (Å²) in [5.41, 5.74) is 5.32. The normalized spacial score (nSPS) is 15.0. The number of carbonyl (C=O) groups is 1. The summed E-state index contributed by atoms with van der Waals surface area (Å²) in [5.74, 6) is -0.170. The van der Waals surface area contributed by atoms with Crippen LogP contribution >= 0.6 is 22.9 Å². The van der Waals surface area contributed by atoms with E-state index in [1.165, 1.54) is 27.9 Å². The molecule has 5 rings (SSSR count). The third kappa shape index (κ3) is 5.98. The van der Waals surface area contributed by atoms with E-state index >= 15 is 0 Å². The predicted molar refractivity (Wildman–Crippen MR) is 143 cm³/mol. The quantitative estimate of drug-likeness (QED) is 0.294. The highest BCUT2D eigenvalue weighted by Crippen LogP contribution is 2.35. The molecule has 1 unspecified atom stereocenters. The monoisotopic (exact) mass is 517 g/mol. The van der Waals surface area contributed by atoms with Crippen molar-refractivity contribution in [3.05, 3.63) is 110 Å². The second kappa shape index (κ2) is 11.3. The number of hydrogen-bond donors (Lipinski definition) is 1. The fraction of sp³-hybridized carbons (Fsp3) is 0.286.